The highest BCUT2D eigenvalue weighted by Gasteiger charge is 2.40. The summed E-state index contributed by atoms with van der Waals surface area (Å²) in [6.07, 6.45) is -2.40. The number of ether oxygens (including phenoxy) is 1. The third-order valence-corrected chi connectivity index (χ3v) is 6.79. The van der Waals surface area contributed by atoms with Gasteiger partial charge in [-0.2, -0.15) is 0 Å². The Balaban J connectivity index is 1.78. The number of benzene rings is 3. The first-order chi connectivity index (χ1) is 19.0. The zero-order chi connectivity index (χ0) is 29.0. The number of carboxylic acid groups (broad SMARTS) is 1. The molecule has 0 fully saturated rings. The van der Waals surface area contributed by atoms with Gasteiger partial charge in [0.05, 0.1) is 18.5 Å². The van der Waals surface area contributed by atoms with Gasteiger partial charge in [-0.15, -0.1) is 0 Å². The van der Waals surface area contributed by atoms with Gasteiger partial charge in [-0.25, -0.2) is 9.79 Å². The van der Waals surface area contributed by atoms with Gasteiger partial charge in [0, 0.05) is 36.2 Å². The Labute approximate surface area is 234 Å². The molecular formula is C31H34N4O5. The molecule has 3 aromatic rings. The van der Waals surface area contributed by atoms with E-state index in [1.807, 2.05) is 66.7 Å². The first-order valence-corrected chi connectivity index (χ1v) is 13.0. The molecule has 0 aliphatic carbocycles. The Morgan fingerprint density at radius 1 is 1.05 bits per heavy atom. The van der Waals surface area contributed by atoms with Gasteiger partial charge in [-0.1, -0.05) is 60.7 Å². The van der Waals surface area contributed by atoms with E-state index >= 15 is 0 Å². The number of aliphatic imine (C=N–C) groups is 1. The predicted molar refractivity (Wildman–Crippen MR) is 154 cm³/mol. The quantitative estimate of drug-likeness (QED) is 0.461. The smallest absolute Gasteiger partial charge is 0.408 e. The van der Waals surface area contributed by atoms with Gasteiger partial charge in [0.1, 0.15) is 11.8 Å². The molecule has 0 saturated heterocycles. The molecule has 9 nitrogen and oxygen atoms in total. The molecule has 0 radical (unpaired) electrons. The second kappa shape index (κ2) is 11.6. The average molecular weight is 543 g/mol. The molecule has 4 rings (SSSR count). The molecule has 40 heavy (non-hydrogen) atoms. The Kier molecular flexibility index (Phi) is 8.23. The van der Waals surface area contributed by atoms with Crippen LogP contribution in [0, 0.1) is 0 Å². The minimum Gasteiger partial charge on any atom is -0.497 e. The van der Waals surface area contributed by atoms with E-state index in [1.165, 1.54) is 4.90 Å². The van der Waals surface area contributed by atoms with E-state index in [-0.39, 0.29) is 6.42 Å². The van der Waals surface area contributed by atoms with Crippen LogP contribution in [-0.4, -0.2) is 65.5 Å². The summed E-state index contributed by atoms with van der Waals surface area (Å²) >= 11 is 0. The molecule has 2 N–H and O–H groups in total. The van der Waals surface area contributed by atoms with Crippen LogP contribution in [0.15, 0.2) is 83.9 Å². The van der Waals surface area contributed by atoms with Crippen molar-refractivity contribution in [3.05, 3.63) is 95.6 Å². The fourth-order valence-corrected chi connectivity index (χ4v) is 4.85. The van der Waals surface area contributed by atoms with Crippen molar-refractivity contribution in [2.45, 2.75) is 44.9 Å². The minimum absolute atomic E-state index is 0.125. The van der Waals surface area contributed by atoms with Crippen LogP contribution in [0.2, 0.25) is 0 Å². The number of rotatable bonds is 7. The summed E-state index contributed by atoms with van der Waals surface area (Å²) in [5, 5.41) is 12.9. The number of methoxy groups -OCH3 is 1. The lowest BCUT2D eigenvalue weighted by molar-refractivity contribution is -0.131. The molecule has 1 unspecified atom stereocenters. The first-order valence-electron chi connectivity index (χ1n) is 13.0. The number of likely N-dealkylation sites (N-methyl/N-ethyl adjacent to an activating group) is 1. The summed E-state index contributed by atoms with van der Waals surface area (Å²) in [6, 6.07) is 22.8. The highest BCUT2D eigenvalue weighted by Crippen LogP contribution is 2.31. The molecule has 1 aliphatic heterocycles. The molecule has 3 aromatic carbocycles. The summed E-state index contributed by atoms with van der Waals surface area (Å²) in [6.45, 7) is 5.19. The molecule has 208 valence electrons. The second-order valence-electron chi connectivity index (χ2n) is 10.6. The second-order valence-corrected chi connectivity index (χ2v) is 10.6. The van der Waals surface area contributed by atoms with E-state index in [9.17, 15) is 19.5 Å². The number of carbonyl (C=O) groups is 3. The molecule has 0 aromatic heterocycles. The summed E-state index contributed by atoms with van der Waals surface area (Å²) in [7, 11) is 3.16. The Morgan fingerprint density at radius 2 is 1.68 bits per heavy atom. The molecule has 0 bridgehead atoms. The Hall–Kier alpha value is -4.66. The van der Waals surface area contributed by atoms with Crippen molar-refractivity contribution >= 4 is 29.3 Å². The normalized spacial score (nSPS) is 15.8. The molecular weight excluding hydrogens is 508 g/mol. The third-order valence-electron chi connectivity index (χ3n) is 6.79. The lowest BCUT2D eigenvalue weighted by Gasteiger charge is -2.39. The number of benzodiazepines with no additional fused rings is 1. The van der Waals surface area contributed by atoms with Crippen molar-refractivity contribution < 1.29 is 24.2 Å². The average Bonchev–Trinajstić information content (AvgIpc) is 3.03. The zero-order valence-corrected chi connectivity index (χ0v) is 23.3. The van der Waals surface area contributed by atoms with E-state index < -0.39 is 35.7 Å². The fourth-order valence-electron chi connectivity index (χ4n) is 4.85. The molecule has 1 heterocycles. The number of amides is 3. The Bertz CT molecular complexity index is 1420. The Morgan fingerprint density at radius 3 is 2.25 bits per heavy atom. The number of anilines is 1. The third kappa shape index (κ3) is 5.98. The minimum atomic E-state index is -1.29. The van der Waals surface area contributed by atoms with Crippen molar-refractivity contribution in [1.29, 1.82) is 0 Å². The summed E-state index contributed by atoms with van der Waals surface area (Å²) in [5.41, 5.74) is 2.45. The summed E-state index contributed by atoms with van der Waals surface area (Å²) in [5.74, 6) is -0.518. The molecule has 3 amide bonds. The van der Waals surface area contributed by atoms with Gasteiger partial charge < -0.3 is 20.1 Å². The van der Waals surface area contributed by atoms with Crippen LogP contribution in [0.25, 0.3) is 0 Å². The monoisotopic (exact) mass is 542 g/mol. The van der Waals surface area contributed by atoms with Gasteiger partial charge >= 0.3 is 6.09 Å². The maximum absolute atomic E-state index is 13.9. The van der Waals surface area contributed by atoms with E-state index in [0.717, 1.165) is 16.0 Å². The molecule has 2 atom stereocenters. The van der Waals surface area contributed by atoms with Gasteiger partial charge in [0.2, 0.25) is 12.1 Å². The van der Waals surface area contributed by atoms with Crippen LogP contribution in [0.5, 0.6) is 5.75 Å². The van der Waals surface area contributed by atoms with Crippen molar-refractivity contribution in [3.8, 4) is 5.75 Å². The fraction of sp³-hybridized carbons (Fsp3) is 0.290. The topological polar surface area (TPSA) is 112 Å². The molecule has 0 saturated carbocycles. The standard InChI is InChI=1S/C31H34N4O5/c1-31(2,3)35(30(38)39)25(18-20-12-8-6-9-13-20)28(36)33-27-29(37)34(4)24-19-22(40-5)16-17-23(24)26(32-27)21-14-10-7-11-15-21/h6-17,19,25,27H,18H2,1-5H3,(H,33,36)(H,38,39)/t25-,27?/m1/s1. The van der Waals surface area contributed by atoms with Gasteiger partial charge in [-0.3, -0.25) is 14.5 Å². The van der Waals surface area contributed by atoms with Gasteiger partial charge in [0.25, 0.3) is 5.91 Å². The first kappa shape index (κ1) is 28.4. The van der Waals surface area contributed by atoms with Crippen molar-refractivity contribution in [2.24, 2.45) is 4.99 Å². The highest BCUT2D eigenvalue weighted by atomic mass is 16.5. The van der Waals surface area contributed by atoms with E-state index in [2.05, 4.69) is 5.32 Å². The predicted octanol–water partition coefficient (Wildman–Crippen LogP) is 4.34. The van der Waals surface area contributed by atoms with Crippen LogP contribution in [0.3, 0.4) is 0 Å². The van der Waals surface area contributed by atoms with E-state index in [0.29, 0.717) is 22.7 Å². The van der Waals surface area contributed by atoms with Crippen molar-refractivity contribution in [2.75, 3.05) is 19.1 Å². The lowest BCUT2D eigenvalue weighted by Crippen LogP contribution is -2.59. The lowest BCUT2D eigenvalue weighted by atomic mass is 9.97. The van der Waals surface area contributed by atoms with Crippen LogP contribution in [0.4, 0.5) is 10.5 Å². The van der Waals surface area contributed by atoms with Gasteiger partial charge in [-0.05, 0) is 38.5 Å². The number of nitrogens with one attached hydrogen (secondary N) is 1. The summed E-state index contributed by atoms with van der Waals surface area (Å²) in [4.78, 5) is 47.4. The van der Waals surface area contributed by atoms with Crippen molar-refractivity contribution in [1.82, 2.24) is 10.2 Å². The van der Waals surface area contributed by atoms with Crippen LogP contribution < -0.4 is 15.0 Å². The molecule has 0 spiro atoms. The number of carbonyl (C=O) groups excluding carboxylic acids is 2. The number of hydrogen-bond acceptors (Lipinski definition) is 5. The number of nitrogens with zero attached hydrogens (tertiary/aromatic N) is 3. The van der Waals surface area contributed by atoms with Crippen LogP contribution >= 0.6 is 0 Å². The SMILES string of the molecule is COc1ccc2c(c1)N(C)C(=O)C(NC(=O)[C@@H](Cc1ccccc1)N(C(=O)O)C(C)(C)C)N=C2c1ccccc1. The largest absolute Gasteiger partial charge is 0.497 e. The van der Waals surface area contributed by atoms with E-state index in [4.69, 9.17) is 9.73 Å². The van der Waals surface area contributed by atoms with Crippen LogP contribution in [-0.2, 0) is 16.0 Å². The maximum Gasteiger partial charge on any atom is 0.408 e. The molecule has 1 aliphatic rings. The van der Waals surface area contributed by atoms with E-state index in [1.54, 1.807) is 47.1 Å². The highest BCUT2D eigenvalue weighted by molar-refractivity contribution is 6.20. The number of fused-ring (bicyclic) bond motifs is 1. The van der Waals surface area contributed by atoms with Crippen molar-refractivity contribution in [3.63, 3.8) is 0 Å². The van der Waals surface area contributed by atoms with Crippen LogP contribution in [0.1, 0.15) is 37.5 Å². The molecule has 9 heteroatoms. The number of hydrogen-bond donors (Lipinski definition) is 2. The summed E-state index contributed by atoms with van der Waals surface area (Å²) < 4.78 is 5.40. The van der Waals surface area contributed by atoms with Gasteiger partial charge in [0.15, 0.2) is 0 Å². The zero-order valence-electron chi connectivity index (χ0n) is 23.3. The maximum atomic E-state index is 13.9.